The average molecular weight is 359 g/mol. The Hall–Kier alpha value is -3.41. The molecule has 0 atom stereocenters. The summed E-state index contributed by atoms with van der Waals surface area (Å²) in [6.45, 7) is 4.37. The topological polar surface area (TPSA) is 64.7 Å². The summed E-state index contributed by atoms with van der Waals surface area (Å²) in [4.78, 5) is 12.6. The summed E-state index contributed by atoms with van der Waals surface area (Å²) in [6.07, 6.45) is 3.52. The largest absolute Gasteiger partial charge is 0.319 e. The molecule has 2 aromatic carbocycles. The normalized spacial score (nSPS) is 11.1. The van der Waals surface area contributed by atoms with Crippen LogP contribution < -0.4 is 5.32 Å². The van der Waals surface area contributed by atoms with E-state index < -0.39 is 0 Å². The monoisotopic (exact) mass is 359 g/mol. The molecule has 27 heavy (non-hydrogen) atoms. The van der Waals surface area contributed by atoms with Gasteiger partial charge < -0.3 is 5.32 Å². The third kappa shape index (κ3) is 3.21. The van der Waals surface area contributed by atoms with Gasteiger partial charge in [-0.15, -0.1) is 0 Å². The van der Waals surface area contributed by atoms with Gasteiger partial charge in [-0.3, -0.25) is 14.2 Å². The van der Waals surface area contributed by atoms with E-state index in [1.807, 2.05) is 43.9 Å². The highest BCUT2D eigenvalue weighted by Gasteiger charge is 2.18. The lowest BCUT2D eigenvalue weighted by Crippen LogP contribution is -2.13. The number of carbonyl (C=O) groups excluding carboxylic acids is 1. The molecule has 2 heterocycles. The summed E-state index contributed by atoms with van der Waals surface area (Å²) < 4.78 is 3.55. The second-order valence-corrected chi connectivity index (χ2v) is 6.69. The van der Waals surface area contributed by atoms with Gasteiger partial charge in [0, 0.05) is 18.9 Å². The van der Waals surface area contributed by atoms with Crippen LogP contribution in [0.15, 0.2) is 54.9 Å². The van der Waals surface area contributed by atoms with Crippen LogP contribution in [0.5, 0.6) is 0 Å². The van der Waals surface area contributed by atoms with E-state index in [1.165, 1.54) is 16.3 Å². The van der Waals surface area contributed by atoms with Crippen LogP contribution in [0.1, 0.15) is 27.3 Å². The van der Waals surface area contributed by atoms with Crippen LogP contribution in [0.4, 0.5) is 5.69 Å². The molecule has 0 unspecified atom stereocenters. The van der Waals surface area contributed by atoms with Crippen molar-refractivity contribution in [1.82, 2.24) is 19.6 Å². The molecule has 0 aliphatic carbocycles. The van der Waals surface area contributed by atoms with Crippen molar-refractivity contribution in [3.05, 3.63) is 77.4 Å². The highest BCUT2D eigenvalue weighted by atomic mass is 16.1. The number of rotatable bonds is 4. The molecule has 0 spiro atoms. The Kier molecular flexibility index (Phi) is 4.24. The molecule has 1 amide bonds. The summed E-state index contributed by atoms with van der Waals surface area (Å²) >= 11 is 0. The van der Waals surface area contributed by atoms with Crippen molar-refractivity contribution in [3.8, 4) is 0 Å². The van der Waals surface area contributed by atoms with Gasteiger partial charge in [0.05, 0.1) is 29.7 Å². The number of nitrogens with zero attached hydrogens (tertiary/aromatic N) is 4. The van der Waals surface area contributed by atoms with Crippen LogP contribution in [0.2, 0.25) is 0 Å². The van der Waals surface area contributed by atoms with Gasteiger partial charge in [0.2, 0.25) is 0 Å². The van der Waals surface area contributed by atoms with E-state index in [-0.39, 0.29) is 5.91 Å². The molecule has 0 aliphatic heterocycles. The molecule has 6 heteroatoms. The summed E-state index contributed by atoms with van der Waals surface area (Å²) in [5.41, 5.74) is 4.03. The molecule has 0 saturated carbocycles. The molecule has 0 radical (unpaired) electrons. The molecule has 4 rings (SSSR count). The Morgan fingerprint density at radius 3 is 2.67 bits per heavy atom. The quantitative estimate of drug-likeness (QED) is 0.604. The van der Waals surface area contributed by atoms with Crippen molar-refractivity contribution >= 4 is 22.4 Å². The predicted octanol–water partition coefficient (Wildman–Crippen LogP) is 3.69. The highest BCUT2D eigenvalue weighted by molar-refractivity contribution is 6.05. The maximum atomic E-state index is 12.6. The molecule has 4 aromatic rings. The Balaban J connectivity index is 1.54. The van der Waals surface area contributed by atoms with Crippen LogP contribution in [-0.4, -0.2) is 25.5 Å². The van der Waals surface area contributed by atoms with E-state index in [0.717, 1.165) is 11.4 Å². The summed E-state index contributed by atoms with van der Waals surface area (Å²) in [6, 6.07) is 14.6. The number of amides is 1. The number of benzene rings is 2. The number of hydrogen-bond acceptors (Lipinski definition) is 3. The van der Waals surface area contributed by atoms with Crippen LogP contribution in [-0.2, 0) is 13.6 Å². The van der Waals surface area contributed by atoms with E-state index in [0.29, 0.717) is 17.8 Å². The SMILES string of the molecule is Cc1nn(C)c(C)c1C(=O)Nc1cnn(Cc2cccc3ccccc23)c1. The Bertz CT molecular complexity index is 1130. The van der Waals surface area contributed by atoms with Crippen molar-refractivity contribution < 1.29 is 4.79 Å². The van der Waals surface area contributed by atoms with Crippen LogP contribution in [0.25, 0.3) is 10.8 Å². The first-order chi connectivity index (χ1) is 13.0. The second kappa shape index (κ2) is 6.72. The number of anilines is 1. The van der Waals surface area contributed by atoms with Gasteiger partial charge in [-0.05, 0) is 30.2 Å². The smallest absolute Gasteiger partial charge is 0.259 e. The number of fused-ring (bicyclic) bond motifs is 1. The van der Waals surface area contributed by atoms with E-state index in [4.69, 9.17) is 0 Å². The minimum absolute atomic E-state index is 0.164. The first-order valence-corrected chi connectivity index (χ1v) is 8.83. The Morgan fingerprint density at radius 1 is 1.11 bits per heavy atom. The van der Waals surface area contributed by atoms with Crippen molar-refractivity contribution in [2.75, 3.05) is 5.32 Å². The van der Waals surface area contributed by atoms with E-state index >= 15 is 0 Å². The lowest BCUT2D eigenvalue weighted by atomic mass is 10.0. The summed E-state index contributed by atoms with van der Waals surface area (Å²) in [5, 5.41) is 14.0. The number of aromatic nitrogens is 4. The van der Waals surface area contributed by atoms with Gasteiger partial charge in [0.15, 0.2) is 0 Å². The van der Waals surface area contributed by atoms with Crippen LogP contribution in [0.3, 0.4) is 0 Å². The van der Waals surface area contributed by atoms with Gasteiger partial charge in [-0.1, -0.05) is 42.5 Å². The zero-order valence-electron chi connectivity index (χ0n) is 15.6. The molecule has 2 aromatic heterocycles. The lowest BCUT2D eigenvalue weighted by molar-refractivity contribution is 0.102. The highest BCUT2D eigenvalue weighted by Crippen LogP contribution is 2.20. The molecule has 6 nitrogen and oxygen atoms in total. The molecule has 0 bridgehead atoms. The van der Waals surface area contributed by atoms with Gasteiger partial charge >= 0.3 is 0 Å². The molecule has 0 fully saturated rings. The van der Waals surface area contributed by atoms with Crippen molar-refractivity contribution in [3.63, 3.8) is 0 Å². The first kappa shape index (κ1) is 17.0. The molecule has 136 valence electrons. The predicted molar refractivity (Wildman–Crippen MR) is 106 cm³/mol. The number of hydrogen-bond donors (Lipinski definition) is 1. The van der Waals surface area contributed by atoms with E-state index in [9.17, 15) is 4.79 Å². The van der Waals surface area contributed by atoms with Crippen molar-refractivity contribution in [2.24, 2.45) is 7.05 Å². The van der Waals surface area contributed by atoms with Gasteiger partial charge in [-0.2, -0.15) is 10.2 Å². The van der Waals surface area contributed by atoms with Gasteiger partial charge in [-0.25, -0.2) is 0 Å². The first-order valence-electron chi connectivity index (χ1n) is 8.83. The lowest BCUT2D eigenvalue weighted by Gasteiger charge is -2.07. The van der Waals surface area contributed by atoms with Crippen molar-refractivity contribution in [1.29, 1.82) is 0 Å². The summed E-state index contributed by atoms with van der Waals surface area (Å²) in [5.74, 6) is -0.164. The molecule has 1 N–H and O–H groups in total. The van der Waals surface area contributed by atoms with E-state index in [1.54, 1.807) is 10.9 Å². The van der Waals surface area contributed by atoms with Gasteiger partial charge in [0.1, 0.15) is 0 Å². The molecular formula is C21H21N5O. The van der Waals surface area contributed by atoms with Crippen LogP contribution in [0, 0.1) is 13.8 Å². The second-order valence-electron chi connectivity index (χ2n) is 6.69. The minimum Gasteiger partial charge on any atom is -0.319 e. The maximum Gasteiger partial charge on any atom is 0.259 e. The minimum atomic E-state index is -0.164. The number of nitrogens with one attached hydrogen (secondary N) is 1. The van der Waals surface area contributed by atoms with E-state index in [2.05, 4.69) is 45.8 Å². The molecule has 0 aliphatic rings. The maximum absolute atomic E-state index is 12.6. The summed E-state index contributed by atoms with van der Waals surface area (Å²) in [7, 11) is 1.83. The fraction of sp³-hybridized carbons (Fsp3) is 0.190. The Morgan fingerprint density at radius 2 is 1.89 bits per heavy atom. The number of aryl methyl sites for hydroxylation is 2. The average Bonchev–Trinajstić information content (AvgIpc) is 3.19. The molecule has 0 saturated heterocycles. The zero-order valence-corrected chi connectivity index (χ0v) is 15.6. The van der Waals surface area contributed by atoms with Gasteiger partial charge in [0.25, 0.3) is 5.91 Å². The zero-order chi connectivity index (χ0) is 19.0. The Labute approximate surface area is 157 Å². The van der Waals surface area contributed by atoms with Crippen LogP contribution >= 0.6 is 0 Å². The molecular weight excluding hydrogens is 338 g/mol. The fourth-order valence-corrected chi connectivity index (χ4v) is 3.42. The number of carbonyl (C=O) groups is 1. The fourth-order valence-electron chi connectivity index (χ4n) is 3.42. The standard InChI is InChI=1S/C21H21N5O/c1-14-20(15(2)25(3)24-14)21(27)23-18-11-22-26(13-18)12-17-9-6-8-16-7-4-5-10-19(16)17/h4-11,13H,12H2,1-3H3,(H,23,27). The third-order valence-electron chi connectivity index (χ3n) is 4.84. The third-order valence-corrected chi connectivity index (χ3v) is 4.84. The van der Waals surface area contributed by atoms with Crippen molar-refractivity contribution in [2.45, 2.75) is 20.4 Å².